The molecule has 254 valence electrons. The van der Waals surface area contributed by atoms with Crippen LogP contribution in [0.1, 0.15) is 87.3 Å². The number of hydrogen-bond acceptors (Lipinski definition) is 7. The Morgan fingerprint density at radius 1 is 1.12 bits per heavy atom. The second-order valence-electron chi connectivity index (χ2n) is 12.7. The summed E-state index contributed by atoms with van der Waals surface area (Å²) in [7, 11) is 1.72. The van der Waals surface area contributed by atoms with Crippen molar-refractivity contribution >= 4 is 28.8 Å². The van der Waals surface area contributed by atoms with Gasteiger partial charge < -0.3 is 20.2 Å². The zero-order valence-corrected chi connectivity index (χ0v) is 28.2. The Labute approximate surface area is 282 Å². The van der Waals surface area contributed by atoms with Gasteiger partial charge in [-0.25, -0.2) is 18.2 Å². The molecule has 3 atom stereocenters. The van der Waals surface area contributed by atoms with E-state index in [2.05, 4.69) is 15.3 Å². The zero-order chi connectivity index (χ0) is 34.6. The molecule has 1 fully saturated rings. The summed E-state index contributed by atoms with van der Waals surface area (Å²) in [5, 5.41) is 17.0. The van der Waals surface area contributed by atoms with E-state index in [0.29, 0.717) is 24.2 Å². The van der Waals surface area contributed by atoms with Crippen molar-refractivity contribution in [1.29, 1.82) is 0 Å². The number of hydrogen-bond donors (Lipinski definition) is 2. The number of aryl methyl sites for hydroxylation is 1. The molecule has 12 heteroatoms. The highest BCUT2D eigenvalue weighted by atomic mass is 32.1. The van der Waals surface area contributed by atoms with Crippen LogP contribution >= 0.6 is 11.3 Å². The number of nitrogens with one attached hydrogen (secondary N) is 1. The smallest absolute Gasteiger partial charge is 0.263 e. The number of rotatable bonds is 12. The summed E-state index contributed by atoms with van der Waals surface area (Å²) in [5.74, 6) is -1.15. The first-order valence-corrected chi connectivity index (χ1v) is 16.7. The number of nitrogens with zero attached hydrogens (tertiary/aromatic N) is 4. The highest BCUT2D eigenvalue weighted by Gasteiger charge is 2.34. The molecule has 1 aliphatic rings. The first-order chi connectivity index (χ1) is 22.8. The second-order valence-corrected chi connectivity index (χ2v) is 13.6. The van der Waals surface area contributed by atoms with Crippen molar-refractivity contribution in [3.8, 4) is 0 Å². The summed E-state index contributed by atoms with van der Waals surface area (Å²) >= 11 is 1.46. The van der Waals surface area contributed by atoms with Crippen LogP contribution in [0.25, 0.3) is 0 Å². The Morgan fingerprint density at radius 2 is 1.85 bits per heavy atom. The number of aliphatic hydroxyl groups excluding tert-OH is 1. The number of halogens is 3. The molecule has 0 spiro atoms. The Kier molecular flexibility index (Phi) is 10.8. The molecule has 2 amide bonds. The fourth-order valence-corrected chi connectivity index (χ4v) is 6.81. The first-order valence-electron chi connectivity index (χ1n) is 15.8. The van der Waals surface area contributed by atoms with Crippen molar-refractivity contribution in [1.82, 2.24) is 20.2 Å². The van der Waals surface area contributed by atoms with Crippen molar-refractivity contribution in [3.63, 3.8) is 0 Å². The predicted molar refractivity (Wildman–Crippen MR) is 180 cm³/mol. The average Bonchev–Trinajstić information content (AvgIpc) is 3.73. The second kappa shape index (κ2) is 14.9. The molecule has 48 heavy (non-hydrogen) atoms. The fraction of sp³-hybridized carbons (Fsp3) is 0.389. The summed E-state index contributed by atoms with van der Waals surface area (Å²) in [5.41, 5.74) is 0.440. The summed E-state index contributed by atoms with van der Waals surface area (Å²) < 4.78 is 42.9. The standard InChI is InChI=1S/C36H40F3N5O3S/c1-22-21-48-34(41-22)30-11-8-12-44(30)35(47)26-15-24(32(37)38)14-25(16-26)33(46)42-29(13-23-9-6-5-7-10-23)31(45)20-43(4)28-17-27(18-40-19-28)36(2,3)39/h5-7,9-10,14-19,21,29-32,45H,8,11-13,20H2,1-4H3,(H,42,46)/t29-,30+,31+/m0/s1. The van der Waals surface area contributed by atoms with Crippen molar-refractivity contribution < 1.29 is 27.9 Å². The molecule has 2 aromatic carbocycles. The third kappa shape index (κ3) is 8.40. The molecular formula is C36H40F3N5O3S. The minimum Gasteiger partial charge on any atom is -0.389 e. The quantitative estimate of drug-likeness (QED) is 0.171. The van der Waals surface area contributed by atoms with Crippen LogP contribution in [0.5, 0.6) is 0 Å². The van der Waals surface area contributed by atoms with E-state index in [1.807, 2.05) is 42.6 Å². The highest BCUT2D eigenvalue weighted by Crippen LogP contribution is 2.35. The lowest BCUT2D eigenvalue weighted by atomic mass is 9.99. The highest BCUT2D eigenvalue weighted by molar-refractivity contribution is 7.09. The van der Waals surface area contributed by atoms with Gasteiger partial charge in [-0.1, -0.05) is 30.3 Å². The monoisotopic (exact) mass is 679 g/mol. The SMILES string of the molecule is Cc1csc([C@H]2CCCN2C(=O)c2cc(C(=O)N[C@@H](Cc3ccccc3)[C@H](O)CN(C)c3cncc(C(C)(C)F)c3)cc(C(F)F)c2)n1. The van der Waals surface area contributed by atoms with Crippen LogP contribution in [0, 0.1) is 6.92 Å². The van der Waals surface area contributed by atoms with E-state index >= 15 is 0 Å². The minimum absolute atomic E-state index is 0.0128. The molecule has 2 N–H and O–H groups in total. The maximum absolute atomic E-state index is 14.6. The fourth-order valence-electron chi connectivity index (χ4n) is 5.87. The van der Waals surface area contributed by atoms with Gasteiger partial charge in [0.05, 0.1) is 30.1 Å². The number of benzene rings is 2. The molecular weight excluding hydrogens is 639 g/mol. The van der Waals surface area contributed by atoms with Crippen LogP contribution in [0.4, 0.5) is 18.9 Å². The number of likely N-dealkylation sites (tertiary alicyclic amines) is 1. The lowest BCUT2D eigenvalue weighted by Gasteiger charge is -2.30. The zero-order valence-electron chi connectivity index (χ0n) is 27.4. The van der Waals surface area contributed by atoms with E-state index in [-0.39, 0.29) is 30.1 Å². The molecule has 3 heterocycles. The van der Waals surface area contributed by atoms with Gasteiger partial charge in [0.15, 0.2) is 0 Å². The lowest BCUT2D eigenvalue weighted by Crippen LogP contribution is -2.49. The van der Waals surface area contributed by atoms with Crippen LogP contribution in [0.3, 0.4) is 0 Å². The maximum Gasteiger partial charge on any atom is 0.263 e. The van der Waals surface area contributed by atoms with Gasteiger partial charge in [0.1, 0.15) is 10.7 Å². The number of carbonyl (C=O) groups excluding carboxylic acids is 2. The molecule has 1 saturated heterocycles. The van der Waals surface area contributed by atoms with E-state index in [1.54, 1.807) is 29.1 Å². The van der Waals surface area contributed by atoms with Gasteiger partial charge in [-0.15, -0.1) is 11.3 Å². The van der Waals surface area contributed by atoms with Crippen molar-refractivity contribution in [2.75, 3.05) is 25.0 Å². The van der Waals surface area contributed by atoms with Gasteiger partial charge in [-0.05, 0) is 69.9 Å². The van der Waals surface area contributed by atoms with Crippen LogP contribution in [0.15, 0.2) is 72.4 Å². The number of pyridine rings is 1. The summed E-state index contributed by atoms with van der Waals surface area (Å²) in [4.78, 5) is 39.5. The number of aromatic nitrogens is 2. The molecule has 1 aliphatic heterocycles. The number of thiazole rings is 1. The molecule has 4 aromatic rings. The Balaban J connectivity index is 1.39. The molecule has 8 nitrogen and oxygen atoms in total. The van der Waals surface area contributed by atoms with E-state index in [0.717, 1.165) is 34.8 Å². The summed E-state index contributed by atoms with van der Waals surface area (Å²) in [6, 6.07) is 13.3. The Bertz CT molecular complexity index is 1730. The van der Waals surface area contributed by atoms with Gasteiger partial charge in [0.2, 0.25) is 0 Å². The van der Waals surface area contributed by atoms with Gasteiger partial charge in [-0.2, -0.15) is 0 Å². The minimum atomic E-state index is -2.92. The van der Waals surface area contributed by atoms with Crippen LogP contribution < -0.4 is 10.2 Å². The summed E-state index contributed by atoms with van der Waals surface area (Å²) in [6.45, 7) is 5.23. The van der Waals surface area contributed by atoms with E-state index < -0.39 is 41.6 Å². The molecule has 0 aliphatic carbocycles. The van der Waals surface area contributed by atoms with Crippen LogP contribution in [-0.4, -0.2) is 64.1 Å². The van der Waals surface area contributed by atoms with Crippen molar-refractivity contribution in [2.24, 2.45) is 0 Å². The Morgan fingerprint density at radius 3 is 2.52 bits per heavy atom. The molecule has 0 radical (unpaired) electrons. The lowest BCUT2D eigenvalue weighted by molar-refractivity contribution is 0.0734. The van der Waals surface area contributed by atoms with Gasteiger partial charge in [-0.3, -0.25) is 14.6 Å². The van der Waals surface area contributed by atoms with Crippen LogP contribution in [0.2, 0.25) is 0 Å². The normalized spacial score (nSPS) is 16.2. The number of carbonyl (C=O) groups is 2. The predicted octanol–water partition coefficient (Wildman–Crippen LogP) is 6.80. The average molecular weight is 680 g/mol. The van der Waals surface area contributed by atoms with Crippen molar-refractivity contribution in [2.45, 2.75) is 70.3 Å². The molecule has 5 rings (SSSR count). The van der Waals surface area contributed by atoms with E-state index in [1.165, 1.54) is 37.4 Å². The van der Waals surface area contributed by atoms with Crippen LogP contribution in [-0.2, 0) is 12.1 Å². The van der Waals surface area contributed by atoms with E-state index in [4.69, 9.17) is 0 Å². The number of anilines is 1. The van der Waals surface area contributed by atoms with Gasteiger partial charge in [0.25, 0.3) is 18.2 Å². The third-order valence-electron chi connectivity index (χ3n) is 8.54. The molecule has 0 saturated carbocycles. The molecule has 0 unspecified atom stereocenters. The Hall–Kier alpha value is -4.29. The van der Waals surface area contributed by atoms with Gasteiger partial charge >= 0.3 is 0 Å². The number of amides is 2. The van der Waals surface area contributed by atoms with Crippen molar-refractivity contribution in [3.05, 3.63) is 111 Å². The number of aliphatic hydroxyl groups is 1. The molecule has 2 aromatic heterocycles. The maximum atomic E-state index is 14.6. The molecule has 0 bridgehead atoms. The largest absolute Gasteiger partial charge is 0.389 e. The third-order valence-corrected chi connectivity index (χ3v) is 9.61. The summed E-state index contributed by atoms with van der Waals surface area (Å²) in [6.07, 6.45) is 0.645. The van der Waals surface area contributed by atoms with E-state index in [9.17, 15) is 27.9 Å². The topological polar surface area (TPSA) is 98.7 Å². The first kappa shape index (κ1) is 35.0. The number of likely N-dealkylation sites (N-methyl/N-ethyl adjacent to an activating group) is 1. The number of alkyl halides is 3. The van der Waals surface area contributed by atoms with Gasteiger partial charge in [0, 0.05) is 59.7 Å².